The Hall–Kier alpha value is -4.19. The van der Waals surface area contributed by atoms with Crippen LogP contribution in [0, 0.1) is 27.9 Å². The first-order valence-corrected chi connectivity index (χ1v) is 19.0. The molecule has 0 atom stereocenters. The molecular weight excluding hydrogens is 671 g/mol. The number of carbonyl (C=O) groups excluding carboxylic acids is 4. The maximum absolute atomic E-state index is 13.7. The molecule has 0 unspecified atom stereocenters. The smallest absolute Gasteiger partial charge is 0.318 e. The van der Waals surface area contributed by atoms with Gasteiger partial charge in [0.1, 0.15) is 11.4 Å². The molecule has 4 rings (SSSR count). The predicted molar refractivity (Wildman–Crippen MR) is 196 cm³/mol. The van der Waals surface area contributed by atoms with Crippen molar-refractivity contribution >= 4 is 52.4 Å². The van der Waals surface area contributed by atoms with Crippen molar-refractivity contribution in [2.75, 3.05) is 0 Å². The number of hydrogen-bond donors (Lipinski definition) is 0. The number of rotatable bonds is 16. The SMILES string of the molecule is CCCCc1cc(C(=O)/C(CC(C)C)=N/OC(=O)C2CCCCC2)ccc1Sc1ccc(C(=O)/C(C)=N/OC(=O)C2CCCCC2)cc1[N+](=O)[O-]. The van der Waals surface area contributed by atoms with Crippen molar-refractivity contribution in [1.29, 1.82) is 0 Å². The number of nitrogens with zero attached hydrogens (tertiary/aromatic N) is 3. The summed E-state index contributed by atoms with van der Waals surface area (Å²) in [6.07, 6.45) is 11.7. The van der Waals surface area contributed by atoms with Gasteiger partial charge in [-0.1, -0.05) is 87.8 Å². The summed E-state index contributed by atoms with van der Waals surface area (Å²) in [5.41, 5.74) is 1.12. The number of carbonyl (C=O) groups is 4. The number of oxime groups is 2. The summed E-state index contributed by atoms with van der Waals surface area (Å²) in [6.45, 7) is 7.39. The summed E-state index contributed by atoms with van der Waals surface area (Å²) in [5.74, 6) is -2.10. The monoisotopic (exact) mass is 719 g/mol. The second-order valence-electron chi connectivity index (χ2n) is 13.9. The molecule has 0 N–H and O–H groups in total. The van der Waals surface area contributed by atoms with Gasteiger partial charge >= 0.3 is 11.9 Å². The average Bonchev–Trinajstić information content (AvgIpc) is 3.14. The van der Waals surface area contributed by atoms with Crippen LogP contribution in [0.4, 0.5) is 5.69 Å². The van der Waals surface area contributed by atoms with Crippen LogP contribution in [0.15, 0.2) is 56.5 Å². The molecule has 51 heavy (non-hydrogen) atoms. The third kappa shape index (κ3) is 11.4. The van der Waals surface area contributed by atoms with Gasteiger partial charge in [0.25, 0.3) is 5.69 Å². The second kappa shape index (κ2) is 19.4. The quantitative estimate of drug-likeness (QED) is 0.0542. The Morgan fingerprint density at radius 2 is 1.37 bits per heavy atom. The summed E-state index contributed by atoms with van der Waals surface area (Å²) in [7, 11) is 0. The van der Waals surface area contributed by atoms with E-state index >= 15 is 0 Å². The molecule has 11 nitrogen and oxygen atoms in total. The molecule has 2 aliphatic carbocycles. The standard InChI is InChI=1S/C39H49N3O8S/c1-5-6-13-29-23-30(37(44)32(22-25(2)3)41-50-39(46)28-16-11-8-12-17-28)18-20-34(29)51-35-21-19-31(24-33(35)42(47)48)36(43)26(4)40-49-38(45)27-14-9-7-10-15-27/h18-21,23-25,27-28H,5-17,22H2,1-4H3/b40-26+,41-32+. The Morgan fingerprint density at radius 3 is 1.92 bits per heavy atom. The molecule has 2 aromatic rings. The van der Waals surface area contributed by atoms with Gasteiger partial charge in [0.05, 0.1) is 21.7 Å². The Kier molecular flexibility index (Phi) is 15.1. The van der Waals surface area contributed by atoms with Crippen LogP contribution in [0.1, 0.15) is 137 Å². The number of benzene rings is 2. The molecule has 0 aromatic heterocycles. The minimum atomic E-state index is -0.583. The molecular formula is C39H49N3O8S. The number of Topliss-reactive ketones (excluding diaryl/α,β-unsaturated/α-hetero) is 2. The van der Waals surface area contributed by atoms with Gasteiger partial charge in [-0.3, -0.25) is 19.7 Å². The molecule has 2 saturated carbocycles. The van der Waals surface area contributed by atoms with Crippen LogP contribution in [0.5, 0.6) is 0 Å². The van der Waals surface area contributed by atoms with Crippen molar-refractivity contribution in [3.8, 4) is 0 Å². The molecule has 0 radical (unpaired) electrons. The molecule has 0 spiro atoms. The van der Waals surface area contributed by atoms with Crippen LogP contribution in [0.3, 0.4) is 0 Å². The minimum Gasteiger partial charge on any atom is -0.318 e. The Balaban J connectivity index is 1.55. The van der Waals surface area contributed by atoms with Gasteiger partial charge in [0, 0.05) is 22.1 Å². The van der Waals surface area contributed by atoms with E-state index in [1.54, 1.807) is 18.2 Å². The topological polar surface area (TPSA) is 155 Å². The van der Waals surface area contributed by atoms with Gasteiger partial charge < -0.3 is 9.68 Å². The van der Waals surface area contributed by atoms with Crippen molar-refractivity contribution in [3.63, 3.8) is 0 Å². The number of ketones is 2. The number of aryl methyl sites for hydroxylation is 1. The van der Waals surface area contributed by atoms with Crippen LogP contribution >= 0.6 is 11.8 Å². The van der Waals surface area contributed by atoms with E-state index in [1.807, 2.05) is 13.8 Å². The molecule has 0 saturated heterocycles. The van der Waals surface area contributed by atoms with Crippen molar-refractivity contribution in [1.82, 2.24) is 0 Å². The number of hydrogen-bond acceptors (Lipinski definition) is 11. The molecule has 0 aliphatic heterocycles. The van der Waals surface area contributed by atoms with E-state index in [4.69, 9.17) is 9.68 Å². The molecule has 0 bridgehead atoms. The molecule has 2 fully saturated rings. The highest BCUT2D eigenvalue weighted by molar-refractivity contribution is 7.99. The van der Waals surface area contributed by atoms with Crippen molar-refractivity contribution in [2.24, 2.45) is 28.1 Å². The highest BCUT2D eigenvalue weighted by atomic mass is 32.2. The summed E-state index contributed by atoms with van der Waals surface area (Å²) in [5, 5.41) is 20.0. The van der Waals surface area contributed by atoms with Crippen molar-refractivity contribution < 1.29 is 33.8 Å². The van der Waals surface area contributed by atoms with Crippen LogP contribution in [0.2, 0.25) is 0 Å². The van der Waals surface area contributed by atoms with Gasteiger partial charge in [0.15, 0.2) is 0 Å². The van der Waals surface area contributed by atoms with E-state index < -0.39 is 22.6 Å². The Labute approximate surface area is 304 Å². The maximum atomic E-state index is 13.7. The van der Waals surface area contributed by atoms with E-state index in [-0.39, 0.29) is 46.2 Å². The van der Waals surface area contributed by atoms with E-state index in [2.05, 4.69) is 17.2 Å². The van der Waals surface area contributed by atoms with Gasteiger partial charge in [-0.25, -0.2) is 9.59 Å². The molecule has 274 valence electrons. The third-order valence-electron chi connectivity index (χ3n) is 9.35. The van der Waals surface area contributed by atoms with E-state index in [0.717, 1.165) is 87.5 Å². The fourth-order valence-electron chi connectivity index (χ4n) is 6.40. The van der Waals surface area contributed by atoms with E-state index in [9.17, 15) is 29.3 Å². The van der Waals surface area contributed by atoms with Gasteiger partial charge in [-0.2, -0.15) is 0 Å². The second-order valence-corrected chi connectivity index (χ2v) is 15.0. The lowest BCUT2D eigenvalue weighted by atomic mass is 9.89. The van der Waals surface area contributed by atoms with E-state index in [1.165, 1.54) is 36.9 Å². The summed E-state index contributed by atoms with van der Waals surface area (Å²) >= 11 is 1.18. The lowest BCUT2D eigenvalue weighted by molar-refractivity contribution is -0.387. The molecule has 0 heterocycles. The van der Waals surface area contributed by atoms with Gasteiger partial charge in [-0.15, -0.1) is 0 Å². The van der Waals surface area contributed by atoms with Crippen LogP contribution in [-0.4, -0.2) is 39.9 Å². The lowest BCUT2D eigenvalue weighted by Crippen LogP contribution is -2.22. The maximum Gasteiger partial charge on any atom is 0.338 e. The predicted octanol–water partition coefficient (Wildman–Crippen LogP) is 9.48. The zero-order chi connectivity index (χ0) is 36.9. The number of nitro benzene ring substituents is 1. The Bertz CT molecular complexity index is 1660. The number of unbranched alkanes of at least 4 members (excludes halogenated alkanes) is 1. The van der Waals surface area contributed by atoms with Gasteiger partial charge in [-0.05, 0) is 93.7 Å². The summed E-state index contributed by atoms with van der Waals surface area (Å²) < 4.78 is 0. The first kappa shape index (κ1) is 39.6. The van der Waals surface area contributed by atoms with Crippen LogP contribution in [0.25, 0.3) is 0 Å². The molecule has 12 heteroatoms. The number of nitro groups is 1. The molecule has 2 aliphatic rings. The highest BCUT2D eigenvalue weighted by Crippen LogP contribution is 2.38. The first-order chi connectivity index (χ1) is 24.5. The average molecular weight is 720 g/mol. The molecule has 2 aromatic carbocycles. The van der Waals surface area contributed by atoms with E-state index in [0.29, 0.717) is 23.3 Å². The molecule has 0 amide bonds. The first-order valence-electron chi connectivity index (χ1n) is 18.2. The van der Waals surface area contributed by atoms with Crippen LogP contribution in [-0.2, 0) is 25.7 Å². The van der Waals surface area contributed by atoms with Gasteiger partial charge in [0.2, 0.25) is 11.6 Å². The highest BCUT2D eigenvalue weighted by Gasteiger charge is 2.27. The zero-order valence-electron chi connectivity index (χ0n) is 30.1. The summed E-state index contributed by atoms with van der Waals surface area (Å²) in [4.78, 5) is 75.0. The largest absolute Gasteiger partial charge is 0.338 e. The van der Waals surface area contributed by atoms with Crippen molar-refractivity contribution in [3.05, 3.63) is 63.2 Å². The van der Waals surface area contributed by atoms with Crippen LogP contribution < -0.4 is 0 Å². The lowest BCUT2D eigenvalue weighted by Gasteiger charge is -2.18. The normalized spacial score (nSPS) is 16.2. The minimum absolute atomic E-state index is 0.0503. The zero-order valence-corrected chi connectivity index (χ0v) is 30.9. The summed E-state index contributed by atoms with van der Waals surface area (Å²) in [6, 6.07) is 9.44. The Morgan fingerprint density at radius 1 is 0.824 bits per heavy atom. The fraction of sp³-hybridized carbons (Fsp3) is 0.538. The third-order valence-corrected chi connectivity index (χ3v) is 10.5. The van der Waals surface area contributed by atoms with Crippen molar-refractivity contribution in [2.45, 2.75) is 127 Å². The fourth-order valence-corrected chi connectivity index (χ4v) is 7.44.